The van der Waals surface area contributed by atoms with Crippen LogP contribution in [-0.2, 0) is 28.6 Å². The standard InChI is InChI=1S/C12H19NO6/c1-17-10(14)4-3-9(12(16)18-2)13-11(15)8-5-6-19-7-8/h8-9H,3-7H2,1-2H3,(H,13,15)/t8-,9-/m1/s1. The number of carbonyl (C=O) groups excluding carboxylic acids is 3. The normalized spacial score (nSPS) is 19.6. The molecule has 1 rings (SSSR count). The average molecular weight is 273 g/mol. The third-order valence-corrected chi connectivity index (χ3v) is 2.97. The summed E-state index contributed by atoms with van der Waals surface area (Å²) in [6, 6.07) is -0.836. The molecule has 0 saturated carbocycles. The summed E-state index contributed by atoms with van der Waals surface area (Å²) < 4.78 is 14.2. The summed E-state index contributed by atoms with van der Waals surface area (Å²) in [4.78, 5) is 34.5. The number of ether oxygens (including phenoxy) is 3. The molecular weight excluding hydrogens is 254 g/mol. The van der Waals surface area contributed by atoms with Gasteiger partial charge in [0.05, 0.1) is 26.7 Å². The summed E-state index contributed by atoms with van der Waals surface area (Å²) in [5.74, 6) is -1.51. The van der Waals surface area contributed by atoms with Gasteiger partial charge in [-0.2, -0.15) is 0 Å². The van der Waals surface area contributed by atoms with E-state index >= 15 is 0 Å². The molecule has 0 spiro atoms. The van der Waals surface area contributed by atoms with Gasteiger partial charge >= 0.3 is 11.9 Å². The van der Waals surface area contributed by atoms with Crippen molar-refractivity contribution in [3.05, 3.63) is 0 Å². The molecule has 0 aliphatic carbocycles. The van der Waals surface area contributed by atoms with Gasteiger partial charge in [-0.1, -0.05) is 0 Å². The molecule has 0 aromatic heterocycles. The van der Waals surface area contributed by atoms with Gasteiger partial charge in [0.15, 0.2) is 0 Å². The van der Waals surface area contributed by atoms with Crippen molar-refractivity contribution in [2.24, 2.45) is 5.92 Å². The van der Waals surface area contributed by atoms with Gasteiger partial charge in [-0.15, -0.1) is 0 Å². The Hall–Kier alpha value is -1.63. The summed E-state index contributed by atoms with van der Waals surface area (Å²) in [5, 5.41) is 2.59. The maximum atomic E-state index is 11.9. The Morgan fingerprint density at radius 2 is 2.05 bits per heavy atom. The molecule has 1 fully saturated rings. The molecule has 0 unspecified atom stereocenters. The van der Waals surface area contributed by atoms with E-state index in [0.29, 0.717) is 19.6 Å². The summed E-state index contributed by atoms with van der Waals surface area (Å²) in [6.45, 7) is 0.903. The summed E-state index contributed by atoms with van der Waals surface area (Å²) in [6.07, 6.45) is 0.826. The molecule has 0 aromatic carbocycles. The summed E-state index contributed by atoms with van der Waals surface area (Å²) in [7, 11) is 2.50. The molecular formula is C12H19NO6. The van der Waals surface area contributed by atoms with Crippen LogP contribution < -0.4 is 5.32 Å². The number of esters is 2. The van der Waals surface area contributed by atoms with Gasteiger partial charge in [0.1, 0.15) is 6.04 Å². The predicted molar refractivity (Wildman–Crippen MR) is 64.1 cm³/mol. The van der Waals surface area contributed by atoms with E-state index in [1.807, 2.05) is 0 Å². The Kier molecular flexibility index (Phi) is 6.27. The van der Waals surface area contributed by atoms with Crippen molar-refractivity contribution in [3.63, 3.8) is 0 Å². The van der Waals surface area contributed by atoms with E-state index in [1.54, 1.807) is 0 Å². The fourth-order valence-electron chi connectivity index (χ4n) is 1.79. The minimum absolute atomic E-state index is 0.0394. The van der Waals surface area contributed by atoms with E-state index in [1.165, 1.54) is 14.2 Å². The molecule has 1 N–H and O–H groups in total. The second kappa shape index (κ2) is 7.73. The van der Waals surface area contributed by atoms with Crippen LogP contribution in [0, 0.1) is 5.92 Å². The first-order valence-corrected chi connectivity index (χ1v) is 6.11. The SMILES string of the molecule is COC(=O)CC[C@@H](NC(=O)[C@@H]1CCOC1)C(=O)OC. The first-order valence-electron chi connectivity index (χ1n) is 6.11. The molecule has 19 heavy (non-hydrogen) atoms. The molecule has 1 heterocycles. The lowest BCUT2D eigenvalue weighted by atomic mass is 10.1. The molecule has 108 valence electrons. The minimum Gasteiger partial charge on any atom is -0.469 e. The number of hydrogen-bond acceptors (Lipinski definition) is 6. The smallest absolute Gasteiger partial charge is 0.328 e. The Labute approximate surface area is 111 Å². The van der Waals surface area contributed by atoms with Crippen molar-refractivity contribution >= 4 is 17.8 Å². The van der Waals surface area contributed by atoms with E-state index in [-0.39, 0.29) is 24.7 Å². The maximum absolute atomic E-state index is 11.9. The fraction of sp³-hybridized carbons (Fsp3) is 0.750. The summed E-state index contributed by atoms with van der Waals surface area (Å²) in [5.41, 5.74) is 0. The van der Waals surface area contributed by atoms with Crippen LogP contribution in [0.3, 0.4) is 0 Å². The van der Waals surface area contributed by atoms with Gasteiger partial charge in [0, 0.05) is 13.0 Å². The van der Waals surface area contributed by atoms with Gasteiger partial charge < -0.3 is 19.5 Å². The predicted octanol–water partition coefficient (Wildman–Crippen LogP) is -0.366. The average Bonchev–Trinajstić information content (AvgIpc) is 2.95. The molecule has 2 atom stereocenters. The fourth-order valence-corrected chi connectivity index (χ4v) is 1.79. The highest BCUT2D eigenvalue weighted by atomic mass is 16.5. The Morgan fingerprint density at radius 1 is 1.32 bits per heavy atom. The molecule has 1 aliphatic rings. The summed E-state index contributed by atoms with van der Waals surface area (Å²) >= 11 is 0. The second-order valence-electron chi connectivity index (χ2n) is 4.26. The van der Waals surface area contributed by atoms with Crippen LogP contribution in [-0.4, -0.2) is 51.3 Å². The van der Waals surface area contributed by atoms with E-state index in [0.717, 1.165) is 0 Å². The number of rotatable bonds is 6. The van der Waals surface area contributed by atoms with E-state index in [2.05, 4.69) is 14.8 Å². The number of nitrogens with one attached hydrogen (secondary N) is 1. The van der Waals surface area contributed by atoms with E-state index < -0.39 is 18.0 Å². The monoisotopic (exact) mass is 273 g/mol. The zero-order valence-electron chi connectivity index (χ0n) is 11.1. The lowest BCUT2D eigenvalue weighted by Crippen LogP contribution is -2.44. The van der Waals surface area contributed by atoms with Crippen molar-refractivity contribution in [3.8, 4) is 0 Å². The van der Waals surface area contributed by atoms with E-state index in [4.69, 9.17) is 4.74 Å². The van der Waals surface area contributed by atoms with Crippen LogP contribution >= 0.6 is 0 Å². The van der Waals surface area contributed by atoms with Crippen molar-refractivity contribution < 1.29 is 28.6 Å². The van der Waals surface area contributed by atoms with Crippen LogP contribution in [0.15, 0.2) is 0 Å². The number of hydrogen-bond donors (Lipinski definition) is 1. The van der Waals surface area contributed by atoms with Crippen LogP contribution in [0.2, 0.25) is 0 Å². The van der Waals surface area contributed by atoms with Crippen molar-refractivity contribution in [1.29, 1.82) is 0 Å². The lowest BCUT2D eigenvalue weighted by molar-refractivity contribution is -0.147. The third kappa shape index (κ3) is 4.86. The van der Waals surface area contributed by atoms with Gasteiger partial charge in [-0.05, 0) is 12.8 Å². The zero-order valence-corrected chi connectivity index (χ0v) is 11.1. The zero-order chi connectivity index (χ0) is 14.3. The van der Waals surface area contributed by atoms with Crippen LogP contribution in [0.4, 0.5) is 0 Å². The molecule has 1 amide bonds. The van der Waals surface area contributed by atoms with Crippen LogP contribution in [0.1, 0.15) is 19.3 Å². The second-order valence-corrected chi connectivity index (χ2v) is 4.26. The molecule has 7 nitrogen and oxygen atoms in total. The molecule has 7 heteroatoms. The molecule has 0 radical (unpaired) electrons. The molecule has 0 aromatic rings. The van der Waals surface area contributed by atoms with Crippen molar-refractivity contribution in [1.82, 2.24) is 5.32 Å². The van der Waals surface area contributed by atoms with Gasteiger partial charge in [0.25, 0.3) is 0 Å². The van der Waals surface area contributed by atoms with Crippen LogP contribution in [0.5, 0.6) is 0 Å². The Morgan fingerprint density at radius 3 is 2.58 bits per heavy atom. The van der Waals surface area contributed by atoms with Gasteiger partial charge in [-0.3, -0.25) is 9.59 Å². The molecule has 0 bridgehead atoms. The van der Waals surface area contributed by atoms with Crippen LogP contribution in [0.25, 0.3) is 0 Å². The highest BCUT2D eigenvalue weighted by Gasteiger charge is 2.28. The third-order valence-electron chi connectivity index (χ3n) is 2.97. The van der Waals surface area contributed by atoms with Crippen molar-refractivity contribution in [2.45, 2.75) is 25.3 Å². The lowest BCUT2D eigenvalue weighted by Gasteiger charge is -2.17. The first kappa shape index (κ1) is 15.4. The van der Waals surface area contributed by atoms with Gasteiger partial charge in [-0.25, -0.2) is 4.79 Å². The van der Waals surface area contributed by atoms with Gasteiger partial charge in [0.2, 0.25) is 5.91 Å². The quantitative estimate of drug-likeness (QED) is 0.664. The first-order chi connectivity index (χ1) is 9.08. The molecule has 1 saturated heterocycles. The maximum Gasteiger partial charge on any atom is 0.328 e. The number of carbonyl (C=O) groups is 3. The Bertz CT molecular complexity index is 337. The van der Waals surface area contributed by atoms with E-state index in [9.17, 15) is 14.4 Å². The van der Waals surface area contributed by atoms with Crippen molar-refractivity contribution in [2.75, 3.05) is 27.4 Å². The largest absolute Gasteiger partial charge is 0.469 e. The number of amides is 1. The molecule has 1 aliphatic heterocycles. The Balaban J connectivity index is 2.50. The topological polar surface area (TPSA) is 90.9 Å². The number of methoxy groups -OCH3 is 2. The highest BCUT2D eigenvalue weighted by molar-refractivity contribution is 5.86. The minimum atomic E-state index is -0.836. The highest BCUT2D eigenvalue weighted by Crippen LogP contribution is 2.13.